The predicted octanol–water partition coefficient (Wildman–Crippen LogP) is 2.90. The lowest BCUT2D eigenvalue weighted by molar-refractivity contribution is -0.137. The molecule has 1 aliphatic heterocycles. The monoisotopic (exact) mass is 350 g/mol. The molecule has 24 heavy (non-hydrogen) atoms. The molecule has 1 aromatic carbocycles. The van der Waals surface area contributed by atoms with Gasteiger partial charge in [0.25, 0.3) is 0 Å². The van der Waals surface area contributed by atoms with E-state index in [0.717, 1.165) is 11.3 Å². The highest BCUT2D eigenvalue weighted by Crippen LogP contribution is 2.21. The summed E-state index contributed by atoms with van der Waals surface area (Å²) in [5.74, 6) is 2.03. The van der Waals surface area contributed by atoms with Gasteiger partial charge < -0.3 is 15.7 Å². The van der Waals surface area contributed by atoms with Gasteiger partial charge in [0, 0.05) is 19.0 Å². The van der Waals surface area contributed by atoms with E-state index in [1.54, 1.807) is 0 Å². The number of benzene rings is 1. The summed E-state index contributed by atoms with van der Waals surface area (Å²) in [5, 5.41) is 14.8. The van der Waals surface area contributed by atoms with Gasteiger partial charge in [0.05, 0.1) is 0 Å². The lowest BCUT2D eigenvalue weighted by atomic mass is 10.0. The van der Waals surface area contributed by atoms with Crippen molar-refractivity contribution in [1.82, 2.24) is 10.6 Å². The number of aliphatic carboxylic acids is 1. The van der Waals surface area contributed by atoms with Gasteiger partial charge in [0.2, 0.25) is 0 Å². The number of carbonyl (C=O) groups excluding carboxylic acids is 1. The van der Waals surface area contributed by atoms with Crippen molar-refractivity contribution in [1.29, 1.82) is 0 Å². The van der Waals surface area contributed by atoms with E-state index in [1.165, 1.54) is 18.6 Å². The first-order chi connectivity index (χ1) is 11.6. The number of carbonyl (C=O) groups is 2. The van der Waals surface area contributed by atoms with Gasteiger partial charge in [-0.2, -0.15) is 11.8 Å². The van der Waals surface area contributed by atoms with E-state index in [-0.39, 0.29) is 18.5 Å². The molecule has 1 fully saturated rings. The molecule has 5 nitrogen and oxygen atoms in total. The van der Waals surface area contributed by atoms with Crippen LogP contribution in [-0.2, 0) is 11.2 Å². The average molecular weight is 350 g/mol. The van der Waals surface area contributed by atoms with Crippen LogP contribution in [0.4, 0.5) is 4.79 Å². The minimum Gasteiger partial charge on any atom is -0.481 e. The molecule has 2 rings (SSSR count). The lowest BCUT2D eigenvalue weighted by Crippen LogP contribution is -2.45. The number of carboxylic acid groups (broad SMARTS) is 1. The lowest BCUT2D eigenvalue weighted by Gasteiger charge is -2.23. The number of urea groups is 1. The Kier molecular flexibility index (Phi) is 7.95. The number of thioether (sulfide) groups is 1. The molecule has 3 N–H and O–H groups in total. The summed E-state index contributed by atoms with van der Waals surface area (Å²) in [6, 6.07) is 9.45. The molecule has 1 aromatic rings. The maximum Gasteiger partial charge on any atom is 0.315 e. The van der Waals surface area contributed by atoms with E-state index in [4.69, 9.17) is 5.11 Å². The van der Waals surface area contributed by atoms with Crippen molar-refractivity contribution in [3.63, 3.8) is 0 Å². The highest BCUT2D eigenvalue weighted by Gasteiger charge is 2.17. The molecular formula is C18H26N2O3S. The number of hydrogen-bond donors (Lipinski definition) is 3. The summed E-state index contributed by atoms with van der Waals surface area (Å²) in [5.41, 5.74) is 1.09. The number of rotatable bonds is 8. The Balaban J connectivity index is 1.81. The Bertz CT molecular complexity index is 518. The zero-order chi connectivity index (χ0) is 17.2. The smallest absolute Gasteiger partial charge is 0.315 e. The van der Waals surface area contributed by atoms with Gasteiger partial charge >= 0.3 is 12.0 Å². The second kappa shape index (κ2) is 10.2. The largest absolute Gasteiger partial charge is 0.481 e. The SMILES string of the molecule is O=C(O)CCC(Cc1ccccc1)NC(=O)NCC1CCCSC1. The summed E-state index contributed by atoms with van der Waals surface area (Å²) in [6.45, 7) is 0.690. The second-order valence-corrected chi connectivity index (χ2v) is 7.41. The summed E-state index contributed by atoms with van der Waals surface area (Å²) in [6.07, 6.45) is 3.50. The summed E-state index contributed by atoms with van der Waals surface area (Å²) in [4.78, 5) is 23.0. The van der Waals surface area contributed by atoms with Crippen LogP contribution in [0.5, 0.6) is 0 Å². The standard InChI is InChI=1S/C18H26N2O3S/c21-17(22)9-8-16(11-14-5-2-1-3-6-14)20-18(23)19-12-15-7-4-10-24-13-15/h1-3,5-6,15-16H,4,7-13H2,(H,21,22)(H2,19,20,23). The molecule has 1 saturated heterocycles. The fourth-order valence-corrected chi connectivity index (χ4v) is 4.02. The quantitative estimate of drug-likeness (QED) is 0.674. The summed E-state index contributed by atoms with van der Waals surface area (Å²) in [7, 11) is 0. The maximum absolute atomic E-state index is 12.2. The van der Waals surface area contributed by atoms with E-state index in [0.29, 0.717) is 25.3 Å². The van der Waals surface area contributed by atoms with Crippen molar-refractivity contribution in [3.05, 3.63) is 35.9 Å². The van der Waals surface area contributed by atoms with Crippen LogP contribution >= 0.6 is 11.8 Å². The van der Waals surface area contributed by atoms with Crippen LogP contribution in [-0.4, -0.2) is 41.2 Å². The van der Waals surface area contributed by atoms with E-state index in [9.17, 15) is 9.59 Å². The van der Waals surface area contributed by atoms with Crippen molar-refractivity contribution in [2.45, 2.75) is 38.1 Å². The van der Waals surface area contributed by atoms with Crippen LogP contribution in [0.1, 0.15) is 31.2 Å². The summed E-state index contributed by atoms with van der Waals surface area (Å²) >= 11 is 1.94. The molecule has 132 valence electrons. The van der Waals surface area contributed by atoms with Crippen LogP contribution in [0.3, 0.4) is 0 Å². The van der Waals surface area contributed by atoms with Gasteiger partial charge in [-0.1, -0.05) is 30.3 Å². The van der Waals surface area contributed by atoms with E-state index < -0.39 is 5.97 Å². The third kappa shape index (κ3) is 7.25. The van der Waals surface area contributed by atoms with Gasteiger partial charge in [-0.25, -0.2) is 4.79 Å². The minimum absolute atomic E-state index is 0.0526. The van der Waals surface area contributed by atoms with Crippen molar-refractivity contribution in [3.8, 4) is 0 Å². The zero-order valence-corrected chi connectivity index (χ0v) is 14.7. The minimum atomic E-state index is -0.838. The van der Waals surface area contributed by atoms with Crippen LogP contribution in [0.2, 0.25) is 0 Å². The van der Waals surface area contributed by atoms with Gasteiger partial charge in [0.1, 0.15) is 0 Å². The molecular weight excluding hydrogens is 324 g/mol. The third-order valence-electron chi connectivity index (χ3n) is 4.17. The first-order valence-corrected chi connectivity index (χ1v) is 9.67. The molecule has 0 aromatic heterocycles. The fourth-order valence-electron chi connectivity index (χ4n) is 2.86. The van der Waals surface area contributed by atoms with Gasteiger partial charge in [-0.05, 0) is 48.7 Å². The third-order valence-corrected chi connectivity index (χ3v) is 5.46. The van der Waals surface area contributed by atoms with Crippen LogP contribution in [0.15, 0.2) is 30.3 Å². The van der Waals surface area contributed by atoms with E-state index in [2.05, 4.69) is 10.6 Å². The second-order valence-electron chi connectivity index (χ2n) is 6.26. The Morgan fingerprint density at radius 3 is 2.75 bits per heavy atom. The molecule has 0 radical (unpaired) electrons. The molecule has 6 heteroatoms. The number of amides is 2. The Hall–Kier alpha value is -1.69. The zero-order valence-electron chi connectivity index (χ0n) is 13.9. The Morgan fingerprint density at radius 2 is 2.08 bits per heavy atom. The highest BCUT2D eigenvalue weighted by atomic mass is 32.2. The summed E-state index contributed by atoms with van der Waals surface area (Å²) < 4.78 is 0. The fraction of sp³-hybridized carbons (Fsp3) is 0.556. The van der Waals surface area contributed by atoms with Gasteiger partial charge in [0.15, 0.2) is 0 Å². The maximum atomic E-state index is 12.2. The molecule has 1 heterocycles. The van der Waals surface area contributed by atoms with Crippen LogP contribution in [0, 0.1) is 5.92 Å². The first kappa shape index (κ1) is 18.6. The first-order valence-electron chi connectivity index (χ1n) is 8.51. The van der Waals surface area contributed by atoms with Crippen LogP contribution < -0.4 is 10.6 Å². The number of hydrogen-bond acceptors (Lipinski definition) is 3. The average Bonchev–Trinajstić information content (AvgIpc) is 2.60. The van der Waals surface area contributed by atoms with E-state index >= 15 is 0 Å². The molecule has 1 aliphatic rings. The number of nitrogens with one attached hydrogen (secondary N) is 2. The molecule has 0 spiro atoms. The van der Waals surface area contributed by atoms with Crippen molar-refractivity contribution in [2.24, 2.45) is 5.92 Å². The predicted molar refractivity (Wildman–Crippen MR) is 97.4 cm³/mol. The Labute approximate surface area is 147 Å². The van der Waals surface area contributed by atoms with Crippen molar-refractivity contribution >= 4 is 23.8 Å². The highest BCUT2D eigenvalue weighted by molar-refractivity contribution is 7.99. The van der Waals surface area contributed by atoms with Crippen molar-refractivity contribution in [2.75, 3.05) is 18.1 Å². The molecule has 2 amide bonds. The molecule has 2 unspecified atom stereocenters. The topological polar surface area (TPSA) is 78.4 Å². The molecule has 0 bridgehead atoms. The van der Waals surface area contributed by atoms with Crippen LogP contribution in [0.25, 0.3) is 0 Å². The van der Waals surface area contributed by atoms with Gasteiger partial charge in [-0.3, -0.25) is 4.79 Å². The van der Waals surface area contributed by atoms with E-state index in [1.807, 2.05) is 42.1 Å². The molecule has 0 saturated carbocycles. The van der Waals surface area contributed by atoms with Crippen molar-refractivity contribution < 1.29 is 14.7 Å². The molecule has 2 atom stereocenters. The normalized spacial score (nSPS) is 18.6. The molecule has 0 aliphatic carbocycles. The Morgan fingerprint density at radius 1 is 1.29 bits per heavy atom. The number of carboxylic acids is 1. The van der Waals surface area contributed by atoms with Gasteiger partial charge in [-0.15, -0.1) is 0 Å².